The van der Waals surface area contributed by atoms with Crippen LogP contribution in [0.15, 0.2) is 12.1 Å². The normalized spacial score (nSPS) is 21.6. The largest absolute Gasteiger partial charge is 0.443 e. The highest BCUT2D eigenvalue weighted by Crippen LogP contribution is 2.41. The minimum atomic E-state index is -0.528. The number of rotatable bonds is 0. The lowest BCUT2D eigenvalue weighted by Crippen LogP contribution is -2.48. The summed E-state index contributed by atoms with van der Waals surface area (Å²) in [5, 5.41) is 4.43. The van der Waals surface area contributed by atoms with Crippen molar-refractivity contribution in [3.8, 4) is 0 Å². The molecule has 188 valence electrons. The van der Waals surface area contributed by atoms with Crippen LogP contribution in [0, 0.1) is 7.14 Å². The van der Waals surface area contributed by atoms with Crippen molar-refractivity contribution < 1.29 is 9.53 Å². The summed E-state index contributed by atoms with van der Waals surface area (Å²) in [6, 6.07) is 4.77. The Morgan fingerprint density at radius 2 is 1.66 bits per heavy atom. The number of carbonyl (C=O) groups excluding carboxylic acids is 1. The number of ether oxygens (including phenoxy) is 1. The lowest BCUT2D eigenvalue weighted by molar-refractivity contribution is 0.0566. The summed E-state index contributed by atoms with van der Waals surface area (Å²) in [5.74, 6) is 1.56. The molecule has 2 aromatic heterocycles. The molecule has 4 aliphatic rings. The summed E-state index contributed by atoms with van der Waals surface area (Å²) in [6.07, 6.45) is 1.77. The van der Waals surface area contributed by atoms with Gasteiger partial charge in [-0.05, 0) is 90.9 Å². The fraction of sp³-hybridized carbons (Fsp3) is 0.522. The van der Waals surface area contributed by atoms with Crippen molar-refractivity contribution in [1.82, 2.24) is 9.97 Å². The van der Waals surface area contributed by atoms with E-state index in [1.165, 1.54) is 12.1 Å². The van der Waals surface area contributed by atoms with Crippen molar-refractivity contribution in [2.24, 2.45) is 0 Å². The number of hydrogen-bond acceptors (Lipinski definition) is 7. The van der Waals surface area contributed by atoms with Crippen molar-refractivity contribution in [2.75, 3.05) is 46.2 Å². The number of carbonyl (C=O) groups is 1. The van der Waals surface area contributed by atoms with E-state index in [2.05, 4.69) is 76.3 Å². The second-order valence-electron chi connectivity index (χ2n) is 10.0. The first-order chi connectivity index (χ1) is 16.5. The number of anilines is 4. The number of halogens is 4. The van der Waals surface area contributed by atoms with Gasteiger partial charge in [-0.25, -0.2) is 14.8 Å². The molecule has 0 unspecified atom stereocenters. The van der Waals surface area contributed by atoms with Gasteiger partial charge in [0, 0.05) is 32.2 Å². The zero-order valence-electron chi connectivity index (χ0n) is 19.6. The monoisotopic (exact) mass is 742 g/mol. The van der Waals surface area contributed by atoms with Crippen molar-refractivity contribution in [2.45, 2.75) is 51.3 Å². The molecule has 6 heterocycles. The summed E-state index contributed by atoms with van der Waals surface area (Å²) in [6.45, 7) is 9.58. The van der Waals surface area contributed by atoms with Gasteiger partial charge >= 0.3 is 6.09 Å². The van der Waals surface area contributed by atoms with Gasteiger partial charge in [0.25, 0.3) is 0 Å². The molecule has 0 saturated carbocycles. The van der Waals surface area contributed by atoms with E-state index >= 15 is 0 Å². The highest BCUT2D eigenvalue weighted by Gasteiger charge is 2.42. The van der Waals surface area contributed by atoms with Crippen LogP contribution in [0.4, 0.5) is 27.8 Å². The molecule has 12 heteroatoms. The molecule has 1 amide bonds. The molecule has 1 N–H and O–H groups in total. The summed E-state index contributed by atoms with van der Waals surface area (Å²) >= 11 is 16.5. The predicted octanol–water partition coefficient (Wildman–Crippen LogP) is 6.02. The van der Waals surface area contributed by atoms with Gasteiger partial charge in [-0.3, -0.25) is 4.90 Å². The highest BCUT2D eigenvalue weighted by atomic mass is 127. The Balaban J connectivity index is 0.000000156. The molecule has 2 atom stereocenters. The molecule has 0 aliphatic carbocycles. The van der Waals surface area contributed by atoms with Crippen LogP contribution < -0.4 is 20.0 Å². The molecule has 4 bridgehead atoms. The second-order valence-corrected chi connectivity index (χ2v) is 13.1. The third-order valence-electron chi connectivity index (χ3n) is 6.36. The van der Waals surface area contributed by atoms with Gasteiger partial charge in [0.05, 0.1) is 24.6 Å². The van der Waals surface area contributed by atoms with E-state index in [9.17, 15) is 4.79 Å². The van der Waals surface area contributed by atoms with E-state index in [0.29, 0.717) is 22.2 Å². The Morgan fingerprint density at radius 1 is 1.03 bits per heavy atom. The summed E-state index contributed by atoms with van der Waals surface area (Å²) in [4.78, 5) is 27.7. The van der Waals surface area contributed by atoms with Crippen LogP contribution in [-0.2, 0) is 4.74 Å². The molecule has 35 heavy (non-hydrogen) atoms. The number of nitrogens with zero attached hydrogens (tertiary/aromatic N) is 5. The highest BCUT2D eigenvalue weighted by molar-refractivity contribution is 14.1. The molecular weight excluding hydrogens is 717 g/mol. The number of fused-ring (bicyclic) bond motifs is 8. The van der Waals surface area contributed by atoms with Gasteiger partial charge in [-0.15, -0.1) is 0 Å². The average Bonchev–Trinajstić information content (AvgIpc) is 3.36. The molecule has 2 fully saturated rings. The number of aromatic nitrogens is 2. The van der Waals surface area contributed by atoms with Crippen molar-refractivity contribution in [1.29, 1.82) is 0 Å². The topological polar surface area (TPSA) is 73.8 Å². The maximum absolute atomic E-state index is 12.6. The molecule has 2 saturated heterocycles. The summed E-state index contributed by atoms with van der Waals surface area (Å²) < 4.78 is 7.45. The third-order valence-corrected chi connectivity index (χ3v) is 9.22. The molecule has 8 nitrogen and oxygen atoms in total. The number of pyridine rings is 2. The van der Waals surface area contributed by atoms with Crippen LogP contribution in [0.1, 0.15) is 33.6 Å². The van der Waals surface area contributed by atoms with Crippen LogP contribution in [-0.4, -0.2) is 59.9 Å². The van der Waals surface area contributed by atoms with Crippen LogP contribution >= 0.6 is 68.4 Å². The molecule has 4 aliphatic heterocycles. The molecule has 0 aromatic carbocycles. The average molecular weight is 743 g/mol. The van der Waals surface area contributed by atoms with E-state index in [-0.39, 0.29) is 12.1 Å². The number of hydrogen-bond donors (Lipinski definition) is 1. The Labute approximate surface area is 242 Å². The number of nitrogens with one attached hydrogen (secondary N) is 1. The fourth-order valence-electron chi connectivity index (χ4n) is 4.84. The minimum Gasteiger partial charge on any atom is -0.443 e. The van der Waals surface area contributed by atoms with Crippen molar-refractivity contribution in [3.05, 3.63) is 29.6 Å². The summed E-state index contributed by atoms with van der Waals surface area (Å²) in [7, 11) is 0. The van der Waals surface area contributed by atoms with E-state index in [0.717, 1.165) is 51.2 Å². The van der Waals surface area contributed by atoms with Crippen LogP contribution in [0.25, 0.3) is 0 Å². The van der Waals surface area contributed by atoms with E-state index in [1.807, 2.05) is 26.8 Å². The third kappa shape index (κ3) is 5.22. The Kier molecular flexibility index (Phi) is 7.12. The Hall–Kier alpha value is -0.990. The SMILES string of the molecule is CC(C)(C)OC(=O)N1c2nc(Cl)c(I)cc2N2CC[C@H]1C2.Clc1nc2c(cc1I)N1CC[C@@H](C1)N2. The van der Waals surface area contributed by atoms with Gasteiger partial charge in [0.1, 0.15) is 15.9 Å². The molecule has 6 rings (SSSR count). The standard InChI is InChI=1S/C14H17ClIN3O2.C9H9ClIN3/c1-14(2,3)21-13(20)19-8-4-5-18(7-8)10-6-9(16)11(15)17-12(10)19;10-8-6(11)3-7-9(13-8)12-5-1-2-14(7)4-5/h6,8H,4-5,7H2,1-3H3;3,5H,1-2,4H2,(H,12,13)/t8-;5-/m00/s1. The van der Waals surface area contributed by atoms with Crippen molar-refractivity contribution in [3.63, 3.8) is 0 Å². The predicted molar refractivity (Wildman–Crippen MR) is 157 cm³/mol. The minimum absolute atomic E-state index is 0.107. The van der Waals surface area contributed by atoms with Crippen molar-refractivity contribution >= 4 is 97.5 Å². The first-order valence-corrected chi connectivity index (χ1v) is 14.4. The first-order valence-electron chi connectivity index (χ1n) is 11.5. The van der Waals surface area contributed by atoms with Crippen LogP contribution in [0.3, 0.4) is 0 Å². The molecular formula is C23H26Cl2I2N6O2. The zero-order valence-corrected chi connectivity index (χ0v) is 25.4. The lowest BCUT2D eigenvalue weighted by Gasteiger charge is -2.36. The van der Waals surface area contributed by atoms with E-state index < -0.39 is 5.60 Å². The second kappa shape index (κ2) is 9.71. The van der Waals surface area contributed by atoms with Crippen LogP contribution in [0.2, 0.25) is 10.3 Å². The first kappa shape index (κ1) is 25.7. The smallest absolute Gasteiger partial charge is 0.416 e. The van der Waals surface area contributed by atoms with Gasteiger partial charge < -0.3 is 19.9 Å². The van der Waals surface area contributed by atoms with Gasteiger partial charge in [0.15, 0.2) is 11.6 Å². The van der Waals surface area contributed by atoms with E-state index in [4.69, 9.17) is 27.9 Å². The quantitative estimate of drug-likeness (QED) is 0.262. The summed E-state index contributed by atoms with van der Waals surface area (Å²) in [5.41, 5.74) is 1.64. The maximum Gasteiger partial charge on any atom is 0.416 e. The Bertz CT molecular complexity index is 1180. The molecule has 0 spiro atoms. The van der Waals surface area contributed by atoms with Gasteiger partial charge in [0.2, 0.25) is 0 Å². The Morgan fingerprint density at radius 3 is 2.37 bits per heavy atom. The number of amides is 1. The van der Waals surface area contributed by atoms with Gasteiger partial charge in [-0.1, -0.05) is 23.2 Å². The lowest BCUT2D eigenvalue weighted by atomic mass is 10.2. The van der Waals surface area contributed by atoms with Crippen LogP contribution in [0.5, 0.6) is 0 Å². The fourth-order valence-corrected chi connectivity index (χ4v) is 5.95. The zero-order chi connectivity index (χ0) is 25.1. The molecule has 0 radical (unpaired) electrons. The molecule has 2 aromatic rings. The van der Waals surface area contributed by atoms with E-state index in [1.54, 1.807) is 4.90 Å². The van der Waals surface area contributed by atoms with Gasteiger partial charge in [-0.2, -0.15) is 0 Å². The maximum atomic E-state index is 12.6.